The van der Waals surface area contributed by atoms with Crippen LogP contribution in [-0.4, -0.2) is 22.3 Å². The Balaban J connectivity index is 1.36. The van der Waals surface area contributed by atoms with E-state index in [1.807, 2.05) is 0 Å². The summed E-state index contributed by atoms with van der Waals surface area (Å²) in [7, 11) is 0. The van der Waals surface area contributed by atoms with Crippen molar-refractivity contribution in [2.45, 2.75) is 195 Å². The predicted octanol–water partition coefficient (Wildman–Crippen LogP) is 12.4. The summed E-state index contributed by atoms with van der Waals surface area (Å²) >= 11 is 0. The SMILES string of the molecule is CCCCCCCCCCCCCCC(C(=O)O)C1C[C@H](O)CC2=CC[C@H]3[C@@H]4CC[C@H]([C@H](C)CCCC(C)C)[C@@]4(C)CC[C@@H]3[C@@]21C. The van der Waals surface area contributed by atoms with Crippen LogP contribution >= 0.6 is 0 Å². The van der Waals surface area contributed by atoms with E-state index in [0.717, 1.165) is 55.8 Å². The van der Waals surface area contributed by atoms with Crippen molar-refractivity contribution >= 4 is 5.97 Å². The highest BCUT2D eigenvalue weighted by molar-refractivity contribution is 5.70. The van der Waals surface area contributed by atoms with Gasteiger partial charge in [-0.15, -0.1) is 0 Å². The number of hydrogen-bond acceptors (Lipinski definition) is 2. The maximum atomic E-state index is 13.0. The fourth-order valence-electron chi connectivity index (χ4n) is 12.1. The molecule has 0 saturated heterocycles. The van der Waals surface area contributed by atoms with Gasteiger partial charge >= 0.3 is 5.97 Å². The quantitative estimate of drug-likeness (QED) is 0.103. The van der Waals surface area contributed by atoms with Gasteiger partial charge in [-0.05, 0) is 104 Å². The van der Waals surface area contributed by atoms with Gasteiger partial charge in [-0.3, -0.25) is 4.79 Å². The Labute approximate surface area is 285 Å². The summed E-state index contributed by atoms with van der Waals surface area (Å²) in [6.45, 7) is 14.7. The second-order valence-electron chi connectivity index (χ2n) is 18.0. The molecule has 10 atom stereocenters. The van der Waals surface area contributed by atoms with Crippen molar-refractivity contribution in [2.24, 2.45) is 58.2 Å². The van der Waals surface area contributed by atoms with Crippen molar-refractivity contribution in [3.63, 3.8) is 0 Å². The van der Waals surface area contributed by atoms with E-state index in [1.165, 1.54) is 115 Å². The van der Waals surface area contributed by atoms with Gasteiger partial charge in [0.2, 0.25) is 0 Å². The third-order valence-corrected chi connectivity index (χ3v) is 14.7. The molecule has 0 aromatic carbocycles. The highest BCUT2D eigenvalue weighted by Gasteiger charge is 2.62. The summed E-state index contributed by atoms with van der Waals surface area (Å²) in [5.74, 6) is 3.57. The van der Waals surface area contributed by atoms with Gasteiger partial charge in [0, 0.05) is 0 Å². The molecule has 0 bridgehead atoms. The number of allylic oxidation sites excluding steroid dienone is 1. The molecule has 46 heavy (non-hydrogen) atoms. The molecule has 0 radical (unpaired) electrons. The Hall–Kier alpha value is -0.830. The molecule has 2 N–H and O–H groups in total. The first-order valence-electron chi connectivity index (χ1n) is 20.6. The number of fused-ring (bicyclic) bond motifs is 5. The van der Waals surface area contributed by atoms with E-state index in [1.54, 1.807) is 0 Å². The third kappa shape index (κ3) is 8.84. The molecule has 0 amide bonds. The van der Waals surface area contributed by atoms with E-state index in [2.05, 4.69) is 47.6 Å². The van der Waals surface area contributed by atoms with Crippen molar-refractivity contribution in [3.05, 3.63) is 11.6 Å². The van der Waals surface area contributed by atoms with Gasteiger partial charge in [0.05, 0.1) is 12.0 Å². The minimum atomic E-state index is -0.610. The largest absolute Gasteiger partial charge is 0.481 e. The van der Waals surface area contributed by atoms with Gasteiger partial charge < -0.3 is 10.2 Å². The number of rotatable bonds is 20. The molecule has 0 heterocycles. The van der Waals surface area contributed by atoms with Crippen molar-refractivity contribution in [3.8, 4) is 0 Å². The van der Waals surface area contributed by atoms with Crippen LogP contribution in [-0.2, 0) is 4.79 Å². The van der Waals surface area contributed by atoms with Gasteiger partial charge in [0.1, 0.15) is 0 Å². The normalized spacial score (nSPS) is 35.3. The number of carboxylic acids is 1. The molecule has 4 aliphatic carbocycles. The number of aliphatic hydroxyl groups excluding tert-OH is 1. The second kappa shape index (κ2) is 17.7. The van der Waals surface area contributed by atoms with E-state index in [9.17, 15) is 15.0 Å². The molecule has 0 aromatic rings. The molecule has 0 spiro atoms. The minimum Gasteiger partial charge on any atom is -0.481 e. The predicted molar refractivity (Wildman–Crippen MR) is 195 cm³/mol. The standard InChI is InChI=1S/C43H76O3/c1-7-8-9-10-11-12-13-14-15-16-17-18-22-36(41(45)46)40-30-34(44)29-33-23-24-35-38-26-25-37(32(4)21-19-20-31(2)3)42(38,5)28-27-39(35)43(33,40)6/h23,31-32,34-40,44H,7-22,24-30H2,1-6H3,(H,45,46)/t32-,34-,35+,36?,37-,38+,39+,40?,42-,43-/m1/s1. The van der Waals surface area contributed by atoms with Crippen LogP contribution in [0, 0.1) is 58.2 Å². The first-order chi connectivity index (χ1) is 22.0. The summed E-state index contributed by atoms with van der Waals surface area (Å²) in [6, 6.07) is 0. The number of aliphatic hydroxyl groups is 1. The molecule has 3 saturated carbocycles. The van der Waals surface area contributed by atoms with E-state index in [0.29, 0.717) is 23.7 Å². The van der Waals surface area contributed by atoms with E-state index in [-0.39, 0.29) is 23.4 Å². The van der Waals surface area contributed by atoms with Gasteiger partial charge in [0.15, 0.2) is 0 Å². The van der Waals surface area contributed by atoms with Crippen molar-refractivity contribution in [2.75, 3.05) is 0 Å². The smallest absolute Gasteiger partial charge is 0.306 e. The summed E-state index contributed by atoms with van der Waals surface area (Å²) in [5.41, 5.74) is 1.77. The number of aliphatic carboxylic acids is 1. The van der Waals surface area contributed by atoms with Crippen LogP contribution in [0.1, 0.15) is 189 Å². The zero-order valence-electron chi connectivity index (χ0n) is 31.3. The Morgan fingerprint density at radius 3 is 2.04 bits per heavy atom. The van der Waals surface area contributed by atoms with Gasteiger partial charge in [-0.25, -0.2) is 0 Å². The highest BCUT2D eigenvalue weighted by Crippen LogP contribution is 2.69. The molecule has 4 rings (SSSR count). The maximum Gasteiger partial charge on any atom is 0.306 e. The topological polar surface area (TPSA) is 57.5 Å². The van der Waals surface area contributed by atoms with Crippen molar-refractivity contribution < 1.29 is 15.0 Å². The molecule has 266 valence electrons. The van der Waals surface area contributed by atoms with Crippen LogP contribution in [0.15, 0.2) is 11.6 Å². The second-order valence-corrected chi connectivity index (χ2v) is 18.0. The van der Waals surface area contributed by atoms with Gasteiger partial charge in [0.25, 0.3) is 0 Å². The molecule has 0 aromatic heterocycles. The third-order valence-electron chi connectivity index (χ3n) is 14.7. The lowest BCUT2D eigenvalue weighted by Crippen LogP contribution is -2.55. The molecular weight excluding hydrogens is 564 g/mol. The van der Waals surface area contributed by atoms with Crippen LogP contribution in [0.2, 0.25) is 0 Å². The summed E-state index contributed by atoms with van der Waals surface area (Å²) in [5, 5.41) is 21.8. The maximum absolute atomic E-state index is 13.0. The van der Waals surface area contributed by atoms with Crippen LogP contribution < -0.4 is 0 Å². The molecule has 3 nitrogen and oxygen atoms in total. The molecule has 4 aliphatic rings. The van der Waals surface area contributed by atoms with E-state index < -0.39 is 5.97 Å². The average Bonchev–Trinajstić information content (AvgIpc) is 3.36. The number of unbranched alkanes of at least 4 members (excludes halogenated alkanes) is 11. The number of carboxylic acid groups (broad SMARTS) is 1. The zero-order chi connectivity index (χ0) is 33.3. The van der Waals surface area contributed by atoms with Crippen molar-refractivity contribution in [1.82, 2.24) is 0 Å². The van der Waals surface area contributed by atoms with Crippen LogP contribution in [0.4, 0.5) is 0 Å². The lowest BCUT2D eigenvalue weighted by atomic mass is 9.43. The Kier molecular flexibility index (Phi) is 14.6. The summed E-state index contributed by atoms with van der Waals surface area (Å²) in [4.78, 5) is 13.0. The molecule has 2 unspecified atom stereocenters. The van der Waals surface area contributed by atoms with E-state index >= 15 is 0 Å². The number of hydrogen-bond donors (Lipinski definition) is 2. The Morgan fingerprint density at radius 1 is 0.804 bits per heavy atom. The summed E-state index contributed by atoms with van der Waals surface area (Å²) < 4.78 is 0. The summed E-state index contributed by atoms with van der Waals surface area (Å²) in [6.07, 6.45) is 30.6. The van der Waals surface area contributed by atoms with Gasteiger partial charge in [-0.1, -0.05) is 150 Å². The van der Waals surface area contributed by atoms with Crippen LogP contribution in [0.5, 0.6) is 0 Å². The fraction of sp³-hybridized carbons (Fsp3) is 0.930. The fourth-order valence-corrected chi connectivity index (χ4v) is 12.1. The number of carbonyl (C=O) groups is 1. The lowest BCUT2D eigenvalue weighted by Gasteiger charge is -2.61. The first-order valence-corrected chi connectivity index (χ1v) is 20.6. The molecule has 3 heteroatoms. The molecule has 0 aliphatic heterocycles. The Morgan fingerprint density at radius 2 is 1.43 bits per heavy atom. The first kappa shape index (κ1) is 38.0. The molecular formula is C43H76O3. The van der Waals surface area contributed by atoms with Crippen LogP contribution in [0.25, 0.3) is 0 Å². The van der Waals surface area contributed by atoms with Gasteiger partial charge in [-0.2, -0.15) is 0 Å². The monoisotopic (exact) mass is 641 g/mol. The van der Waals surface area contributed by atoms with E-state index in [4.69, 9.17) is 0 Å². The minimum absolute atomic E-state index is 0.0528. The lowest BCUT2D eigenvalue weighted by molar-refractivity contribution is -0.151. The molecule has 3 fully saturated rings. The van der Waals surface area contributed by atoms with Crippen molar-refractivity contribution in [1.29, 1.82) is 0 Å². The highest BCUT2D eigenvalue weighted by atomic mass is 16.4. The zero-order valence-corrected chi connectivity index (χ0v) is 31.3. The average molecular weight is 641 g/mol. The van der Waals surface area contributed by atoms with Crippen LogP contribution in [0.3, 0.4) is 0 Å². The Bertz CT molecular complexity index is 954.